The molecule has 0 aromatic carbocycles. The first-order valence-corrected chi connectivity index (χ1v) is 8.26. The molecule has 2 aliphatic rings. The maximum Gasteiger partial charge on any atom is 0.0968 e. The van der Waals surface area contributed by atoms with Crippen molar-refractivity contribution in [3.8, 4) is 0 Å². The molecule has 0 amide bonds. The van der Waals surface area contributed by atoms with Crippen LogP contribution in [0, 0.1) is 29.6 Å². The summed E-state index contributed by atoms with van der Waals surface area (Å²) in [5, 5.41) is 39.6. The van der Waals surface area contributed by atoms with Crippen molar-refractivity contribution in [1.82, 2.24) is 0 Å². The highest BCUT2D eigenvalue weighted by atomic mass is 16.3. The Kier molecular flexibility index (Phi) is 5.69. The third-order valence-electron chi connectivity index (χ3n) is 5.37. The molecule has 21 heavy (non-hydrogen) atoms. The molecule has 122 valence electrons. The Morgan fingerprint density at radius 1 is 0.952 bits per heavy atom. The molecule has 0 heterocycles. The van der Waals surface area contributed by atoms with Gasteiger partial charge in [-0.15, -0.1) is 0 Å². The fraction of sp³-hybridized carbons (Fsp3) is 0.882. The quantitative estimate of drug-likeness (QED) is 0.641. The van der Waals surface area contributed by atoms with Gasteiger partial charge < -0.3 is 20.4 Å². The minimum Gasteiger partial charge on any atom is -0.512 e. The molecular formula is C17H30O4. The first-order chi connectivity index (χ1) is 9.96. The summed E-state index contributed by atoms with van der Waals surface area (Å²) in [5.41, 5.74) is 1.00. The zero-order chi connectivity index (χ0) is 15.6. The van der Waals surface area contributed by atoms with Crippen LogP contribution in [0.4, 0.5) is 0 Å². The second kappa shape index (κ2) is 7.12. The minimum atomic E-state index is -0.490. The average molecular weight is 298 g/mol. The summed E-state index contributed by atoms with van der Waals surface area (Å²) < 4.78 is 0. The van der Waals surface area contributed by atoms with Gasteiger partial charge in [-0.1, -0.05) is 13.8 Å². The Labute approximate surface area is 127 Å². The van der Waals surface area contributed by atoms with E-state index in [4.69, 9.17) is 0 Å². The van der Waals surface area contributed by atoms with Crippen molar-refractivity contribution in [2.75, 3.05) is 13.2 Å². The van der Waals surface area contributed by atoms with Crippen LogP contribution in [0.2, 0.25) is 0 Å². The molecule has 4 N–H and O–H groups in total. The molecule has 0 aliphatic heterocycles. The van der Waals surface area contributed by atoms with E-state index >= 15 is 0 Å². The van der Waals surface area contributed by atoms with Gasteiger partial charge in [0, 0.05) is 18.4 Å². The Balaban J connectivity index is 2.11. The second-order valence-corrected chi connectivity index (χ2v) is 7.39. The molecule has 0 saturated heterocycles. The van der Waals surface area contributed by atoms with E-state index in [2.05, 4.69) is 13.8 Å². The predicted octanol–water partition coefficient (Wildman–Crippen LogP) is 2.24. The van der Waals surface area contributed by atoms with Gasteiger partial charge in [-0.2, -0.15) is 0 Å². The maximum absolute atomic E-state index is 10.4. The lowest BCUT2D eigenvalue weighted by Gasteiger charge is -2.39. The zero-order valence-corrected chi connectivity index (χ0v) is 13.2. The molecule has 0 spiro atoms. The lowest BCUT2D eigenvalue weighted by Crippen LogP contribution is -2.39. The second-order valence-electron chi connectivity index (χ2n) is 7.39. The van der Waals surface area contributed by atoms with Crippen LogP contribution in [0.3, 0.4) is 0 Å². The monoisotopic (exact) mass is 298 g/mol. The maximum atomic E-state index is 10.4. The van der Waals surface area contributed by atoms with Crippen molar-refractivity contribution in [1.29, 1.82) is 0 Å². The van der Waals surface area contributed by atoms with Gasteiger partial charge in [0.2, 0.25) is 0 Å². The predicted molar refractivity (Wildman–Crippen MR) is 81.7 cm³/mol. The Hall–Kier alpha value is -0.580. The summed E-state index contributed by atoms with van der Waals surface area (Å²) in [5.74, 6) is 1.22. The van der Waals surface area contributed by atoms with Gasteiger partial charge >= 0.3 is 0 Å². The molecule has 1 saturated carbocycles. The first-order valence-electron chi connectivity index (χ1n) is 8.26. The Bertz CT molecular complexity index is 379. The van der Waals surface area contributed by atoms with E-state index < -0.39 is 6.10 Å². The molecule has 0 aromatic heterocycles. The molecule has 4 nitrogen and oxygen atoms in total. The number of hydrogen-bond donors (Lipinski definition) is 4. The summed E-state index contributed by atoms with van der Waals surface area (Å²) in [6.07, 6.45) is 3.69. The van der Waals surface area contributed by atoms with Crippen LogP contribution >= 0.6 is 0 Å². The lowest BCUT2D eigenvalue weighted by atomic mass is 9.70. The molecule has 0 radical (unpaired) electrons. The van der Waals surface area contributed by atoms with Gasteiger partial charge in [-0.05, 0) is 55.4 Å². The molecule has 6 unspecified atom stereocenters. The standard InChI is InChI=1S/C17H30O4/c1-10-3-12(16(20)14(5-10)8-18)7-13-4-11(2)6-15(9-19)17(13)21/h10-12,14-16,18-21H,3-9H2,1-2H3. The molecule has 2 aliphatic carbocycles. The highest BCUT2D eigenvalue weighted by Crippen LogP contribution is 2.41. The number of rotatable bonds is 4. The van der Waals surface area contributed by atoms with Crippen molar-refractivity contribution >= 4 is 0 Å². The molecule has 2 rings (SSSR count). The molecular weight excluding hydrogens is 268 g/mol. The Morgan fingerprint density at radius 2 is 1.62 bits per heavy atom. The van der Waals surface area contributed by atoms with Crippen LogP contribution in [-0.2, 0) is 0 Å². The third-order valence-corrected chi connectivity index (χ3v) is 5.37. The zero-order valence-electron chi connectivity index (χ0n) is 13.2. The first kappa shape index (κ1) is 16.8. The van der Waals surface area contributed by atoms with Crippen LogP contribution < -0.4 is 0 Å². The summed E-state index contributed by atoms with van der Waals surface area (Å²) in [4.78, 5) is 0. The minimum absolute atomic E-state index is 0.0113. The molecule has 6 atom stereocenters. The van der Waals surface area contributed by atoms with Crippen LogP contribution in [-0.4, -0.2) is 39.7 Å². The molecule has 0 bridgehead atoms. The van der Waals surface area contributed by atoms with Crippen molar-refractivity contribution in [3.63, 3.8) is 0 Å². The van der Waals surface area contributed by atoms with E-state index in [1.807, 2.05) is 0 Å². The largest absolute Gasteiger partial charge is 0.512 e. The third kappa shape index (κ3) is 3.79. The van der Waals surface area contributed by atoms with Gasteiger partial charge in [0.25, 0.3) is 0 Å². The summed E-state index contributed by atoms with van der Waals surface area (Å²) in [6.45, 7) is 4.33. The van der Waals surface area contributed by atoms with Gasteiger partial charge in [-0.3, -0.25) is 0 Å². The van der Waals surface area contributed by atoms with E-state index in [9.17, 15) is 20.4 Å². The highest BCUT2D eigenvalue weighted by molar-refractivity contribution is 5.16. The van der Waals surface area contributed by atoms with Crippen molar-refractivity contribution in [2.24, 2.45) is 29.6 Å². The van der Waals surface area contributed by atoms with Crippen LogP contribution in [0.5, 0.6) is 0 Å². The Morgan fingerprint density at radius 3 is 2.24 bits per heavy atom. The SMILES string of the molecule is CC1CC(CC2CC(C)CC(CO)C2O)=C(O)C(CO)C1. The van der Waals surface area contributed by atoms with Crippen molar-refractivity contribution in [3.05, 3.63) is 11.3 Å². The van der Waals surface area contributed by atoms with E-state index in [-0.39, 0.29) is 31.0 Å². The van der Waals surface area contributed by atoms with Crippen LogP contribution in [0.1, 0.15) is 46.0 Å². The number of aliphatic hydroxyl groups excluding tert-OH is 4. The van der Waals surface area contributed by atoms with E-state index in [1.165, 1.54) is 0 Å². The van der Waals surface area contributed by atoms with Crippen LogP contribution in [0.15, 0.2) is 11.3 Å². The number of hydrogen-bond acceptors (Lipinski definition) is 4. The lowest BCUT2D eigenvalue weighted by molar-refractivity contribution is -0.0241. The topological polar surface area (TPSA) is 80.9 Å². The van der Waals surface area contributed by atoms with E-state index in [1.54, 1.807) is 0 Å². The number of allylic oxidation sites excluding steroid dienone is 1. The van der Waals surface area contributed by atoms with Crippen LogP contribution in [0.25, 0.3) is 0 Å². The highest BCUT2D eigenvalue weighted by Gasteiger charge is 2.36. The van der Waals surface area contributed by atoms with Gasteiger partial charge in [0.15, 0.2) is 0 Å². The summed E-state index contributed by atoms with van der Waals surface area (Å²) >= 11 is 0. The molecule has 1 fully saturated rings. The smallest absolute Gasteiger partial charge is 0.0968 e. The van der Waals surface area contributed by atoms with E-state index in [0.29, 0.717) is 24.0 Å². The molecule has 4 heteroatoms. The van der Waals surface area contributed by atoms with Crippen molar-refractivity contribution < 1.29 is 20.4 Å². The van der Waals surface area contributed by atoms with Crippen molar-refractivity contribution in [2.45, 2.75) is 52.1 Å². The fourth-order valence-corrected chi connectivity index (χ4v) is 4.34. The average Bonchev–Trinajstić information content (AvgIpc) is 2.45. The summed E-state index contributed by atoms with van der Waals surface area (Å²) in [6, 6.07) is 0. The fourth-order valence-electron chi connectivity index (χ4n) is 4.34. The molecule has 0 aromatic rings. The van der Waals surface area contributed by atoms with Gasteiger partial charge in [0.05, 0.1) is 18.5 Å². The van der Waals surface area contributed by atoms with Gasteiger partial charge in [0.1, 0.15) is 0 Å². The summed E-state index contributed by atoms with van der Waals surface area (Å²) in [7, 11) is 0. The van der Waals surface area contributed by atoms with E-state index in [0.717, 1.165) is 31.3 Å². The normalized spacial score (nSPS) is 41.4. The number of aliphatic hydroxyl groups is 4. The van der Waals surface area contributed by atoms with Gasteiger partial charge in [-0.25, -0.2) is 0 Å².